The van der Waals surface area contributed by atoms with Crippen molar-refractivity contribution >= 4 is 28.7 Å². The van der Waals surface area contributed by atoms with E-state index in [1.54, 1.807) is 20.9 Å². The summed E-state index contributed by atoms with van der Waals surface area (Å²) < 4.78 is 0. The van der Waals surface area contributed by atoms with Gasteiger partial charge in [-0.25, -0.2) is 4.79 Å². The Labute approximate surface area is 257 Å². The second-order valence-corrected chi connectivity index (χ2v) is 11.5. The summed E-state index contributed by atoms with van der Waals surface area (Å²) in [5, 5.41) is 7.32. The molecule has 0 saturated carbocycles. The van der Waals surface area contributed by atoms with Crippen LogP contribution in [-0.4, -0.2) is 74.0 Å². The van der Waals surface area contributed by atoms with Gasteiger partial charge in [0, 0.05) is 18.4 Å². The molecule has 224 valence electrons. The maximum atomic E-state index is 14.4. The predicted molar refractivity (Wildman–Crippen MR) is 169 cm³/mol. The van der Waals surface area contributed by atoms with Crippen LogP contribution in [0.15, 0.2) is 110 Å². The van der Waals surface area contributed by atoms with Gasteiger partial charge in [-0.3, -0.25) is 19.6 Å². The Morgan fingerprint density at radius 3 is 2.39 bits per heavy atom. The highest BCUT2D eigenvalue weighted by Crippen LogP contribution is 2.37. The van der Waals surface area contributed by atoms with Crippen molar-refractivity contribution in [1.29, 1.82) is 0 Å². The number of carbonyl (C=O) groups excluding carboxylic acids is 3. The number of nitrogens with zero attached hydrogens (tertiary/aromatic N) is 5. The fraction of sp³-hybridized carbons (Fsp3) is 0.257. The summed E-state index contributed by atoms with van der Waals surface area (Å²) in [4.78, 5) is 50.1. The molecular weight excluding hydrogens is 552 g/mol. The fourth-order valence-electron chi connectivity index (χ4n) is 6.34. The van der Waals surface area contributed by atoms with E-state index in [0.29, 0.717) is 13.0 Å². The number of hydrazine groups is 1. The van der Waals surface area contributed by atoms with E-state index in [1.807, 2.05) is 104 Å². The van der Waals surface area contributed by atoms with Gasteiger partial charge in [0.25, 0.3) is 0 Å². The first kappa shape index (κ1) is 29.1. The molecule has 44 heavy (non-hydrogen) atoms. The van der Waals surface area contributed by atoms with Crippen LogP contribution in [0.5, 0.6) is 0 Å². The number of rotatable bonds is 9. The van der Waals surface area contributed by atoms with Crippen LogP contribution in [0.3, 0.4) is 0 Å². The van der Waals surface area contributed by atoms with Gasteiger partial charge in [0.05, 0.1) is 37.4 Å². The van der Waals surface area contributed by atoms with Crippen molar-refractivity contribution in [1.82, 2.24) is 30.1 Å². The van der Waals surface area contributed by atoms with Crippen LogP contribution < -0.4 is 5.32 Å². The number of fused-ring (bicyclic) bond motifs is 2. The van der Waals surface area contributed by atoms with Crippen LogP contribution in [0.1, 0.15) is 23.7 Å². The molecule has 2 saturated heterocycles. The van der Waals surface area contributed by atoms with Gasteiger partial charge in [0.1, 0.15) is 11.7 Å². The maximum Gasteiger partial charge on any atom is 0.332 e. The molecule has 2 aliphatic rings. The molecule has 9 nitrogen and oxygen atoms in total. The van der Waals surface area contributed by atoms with Gasteiger partial charge in [0.2, 0.25) is 11.8 Å². The van der Waals surface area contributed by atoms with E-state index in [0.717, 1.165) is 27.7 Å². The Balaban J connectivity index is 1.33. The first-order valence-electron chi connectivity index (χ1n) is 14.8. The van der Waals surface area contributed by atoms with Crippen LogP contribution in [0, 0.1) is 0 Å². The highest BCUT2D eigenvalue weighted by Gasteiger charge is 2.58. The van der Waals surface area contributed by atoms with Crippen LogP contribution >= 0.6 is 0 Å². The minimum absolute atomic E-state index is 0.0308. The zero-order chi connectivity index (χ0) is 30.7. The first-order valence-corrected chi connectivity index (χ1v) is 14.8. The minimum Gasteiger partial charge on any atom is -0.333 e. The third-order valence-corrected chi connectivity index (χ3v) is 8.40. The quantitative estimate of drug-likeness (QED) is 0.294. The lowest BCUT2D eigenvalue weighted by Gasteiger charge is -2.51. The Kier molecular flexibility index (Phi) is 8.13. The highest BCUT2D eigenvalue weighted by atomic mass is 16.2. The lowest BCUT2D eigenvalue weighted by atomic mass is 9.86. The summed E-state index contributed by atoms with van der Waals surface area (Å²) in [6.07, 6.45) is 1.42. The Bertz CT molecular complexity index is 1680. The first-order chi connectivity index (χ1) is 21.4. The number of urea groups is 1. The molecule has 2 fully saturated rings. The second-order valence-electron chi connectivity index (χ2n) is 11.5. The zero-order valence-electron chi connectivity index (χ0n) is 24.8. The fourth-order valence-corrected chi connectivity index (χ4v) is 6.34. The summed E-state index contributed by atoms with van der Waals surface area (Å²) in [6.45, 7) is 6.72. The van der Waals surface area contributed by atoms with Crippen LogP contribution in [0.2, 0.25) is 0 Å². The van der Waals surface area contributed by atoms with Gasteiger partial charge >= 0.3 is 6.03 Å². The molecule has 3 aromatic carbocycles. The molecule has 2 atom stereocenters. The van der Waals surface area contributed by atoms with E-state index in [1.165, 1.54) is 5.01 Å². The lowest BCUT2D eigenvalue weighted by Crippen LogP contribution is -2.71. The van der Waals surface area contributed by atoms with Crippen molar-refractivity contribution in [3.05, 3.63) is 127 Å². The number of carbonyl (C=O) groups is 3. The largest absolute Gasteiger partial charge is 0.333 e. The van der Waals surface area contributed by atoms with Gasteiger partial charge in [-0.15, -0.1) is 6.58 Å². The number of hydrogen-bond donors (Lipinski definition) is 1. The van der Waals surface area contributed by atoms with Crippen molar-refractivity contribution in [2.75, 3.05) is 19.6 Å². The number of hydrogen-bond acceptors (Lipinski definition) is 5. The summed E-state index contributed by atoms with van der Waals surface area (Å²) in [5.74, 6) is -0.346. The number of nitrogens with one attached hydrogen (secondary N) is 1. The van der Waals surface area contributed by atoms with Crippen molar-refractivity contribution in [2.45, 2.75) is 38.1 Å². The number of aromatic nitrogens is 1. The van der Waals surface area contributed by atoms with Crippen molar-refractivity contribution in [3.8, 4) is 0 Å². The smallest absolute Gasteiger partial charge is 0.332 e. The van der Waals surface area contributed by atoms with Crippen molar-refractivity contribution < 1.29 is 14.4 Å². The Hall–Kier alpha value is -5.02. The molecular formula is C35H36N6O3. The van der Waals surface area contributed by atoms with Gasteiger partial charge < -0.3 is 15.1 Å². The lowest BCUT2D eigenvalue weighted by molar-refractivity contribution is -0.168. The normalized spacial score (nSPS) is 20.1. The second kappa shape index (κ2) is 12.3. The number of pyridine rings is 1. The van der Waals surface area contributed by atoms with E-state index in [4.69, 9.17) is 4.98 Å². The molecule has 1 unspecified atom stereocenters. The van der Waals surface area contributed by atoms with Crippen LogP contribution in [0.4, 0.5) is 4.79 Å². The SMILES string of the molecule is C=CCN(C(=O)NCc1ccccc1)N1CC(=O)N2[C@@H]1CN(Cc1ccc3ccccc3n1)C(=O)C2(C)Cc1ccccc1. The zero-order valence-corrected chi connectivity index (χ0v) is 24.8. The summed E-state index contributed by atoms with van der Waals surface area (Å²) in [6, 6.07) is 30.9. The van der Waals surface area contributed by atoms with Crippen LogP contribution in [-0.2, 0) is 29.1 Å². The maximum absolute atomic E-state index is 14.4. The number of amides is 4. The molecule has 9 heteroatoms. The Morgan fingerprint density at radius 1 is 0.977 bits per heavy atom. The molecule has 0 bridgehead atoms. The highest BCUT2D eigenvalue weighted by molar-refractivity contribution is 5.95. The molecule has 0 radical (unpaired) electrons. The summed E-state index contributed by atoms with van der Waals surface area (Å²) in [7, 11) is 0. The van der Waals surface area contributed by atoms with Gasteiger partial charge in [-0.05, 0) is 30.2 Å². The van der Waals surface area contributed by atoms with E-state index in [2.05, 4.69) is 11.9 Å². The van der Waals surface area contributed by atoms with E-state index < -0.39 is 11.7 Å². The Morgan fingerprint density at radius 2 is 1.66 bits per heavy atom. The standard InChI is InChI=1S/C35H36N6O3/c1-3-20-39(34(44)36-22-27-14-8-5-9-15-27)40-25-32(42)41-31(40)24-38(23-29-19-18-28-16-10-11-17-30(28)37-29)33(43)35(41,2)21-26-12-6-4-7-13-26/h3-19,31H,1,20-25H2,2H3,(H,36,44)/t31-,35?/m1/s1. The number of piperazine rings is 1. The minimum atomic E-state index is -1.17. The van der Waals surface area contributed by atoms with E-state index >= 15 is 0 Å². The summed E-state index contributed by atoms with van der Waals surface area (Å²) >= 11 is 0. The average molecular weight is 589 g/mol. The molecule has 3 heterocycles. The summed E-state index contributed by atoms with van der Waals surface area (Å²) in [5.41, 5.74) is 2.35. The van der Waals surface area contributed by atoms with Crippen LogP contribution in [0.25, 0.3) is 10.9 Å². The average Bonchev–Trinajstić information content (AvgIpc) is 3.38. The molecule has 1 N–H and O–H groups in total. The topological polar surface area (TPSA) is 89.1 Å². The third kappa shape index (κ3) is 5.66. The van der Waals surface area contributed by atoms with Crippen molar-refractivity contribution in [3.63, 3.8) is 0 Å². The molecule has 0 aliphatic carbocycles. The predicted octanol–water partition coefficient (Wildman–Crippen LogP) is 4.36. The van der Waals surface area contributed by atoms with Gasteiger partial charge in [0.15, 0.2) is 0 Å². The van der Waals surface area contributed by atoms with E-state index in [9.17, 15) is 14.4 Å². The number of para-hydroxylation sites is 1. The molecule has 2 aliphatic heterocycles. The molecule has 0 spiro atoms. The van der Waals surface area contributed by atoms with Gasteiger partial charge in [-0.2, -0.15) is 5.01 Å². The van der Waals surface area contributed by atoms with Gasteiger partial charge in [-0.1, -0.05) is 91.0 Å². The molecule has 4 amide bonds. The third-order valence-electron chi connectivity index (χ3n) is 8.40. The molecule has 1 aromatic heterocycles. The molecule has 6 rings (SSSR count). The monoisotopic (exact) mass is 588 g/mol. The number of benzene rings is 3. The molecule has 4 aromatic rings. The van der Waals surface area contributed by atoms with E-state index in [-0.39, 0.29) is 44.0 Å². The van der Waals surface area contributed by atoms with Crippen molar-refractivity contribution in [2.24, 2.45) is 0 Å².